The number of carboxylic acids is 1. The topological polar surface area (TPSA) is 69.6 Å². The molecular weight excluding hydrogens is 252 g/mol. The summed E-state index contributed by atoms with van der Waals surface area (Å²) < 4.78 is 0. The normalized spacial score (nSPS) is 12.3. The van der Waals surface area contributed by atoms with Gasteiger partial charge in [-0.15, -0.1) is 0 Å². The summed E-state index contributed by atoms with van der Waals surface area (Å²) in [6, 6.07) is -1.12. The van der Waals surface area contributed by atoms with Crippen LogP contribution in [0.5, 0.6) is 0 Å². The maximum Gasteiger partial charge on any atom is 0.326 e. The molecule has 106 valence electrons. The van der Waals surface area contributed by atoms with Gasteiger partial charge < -0.3 is 15.3 Å². The van der Waals surface area contributed by atoms with Crippen LogP contribution in [0, 0.1) is 5.92 Å². The van der Waals surface area contributed by atoms with E-state index in [9.17, 15) is 9.59 Å². The molecule has 1 atom stereocenters. The van der Waals surface area contributed by atoms with Gasteiger partial charge in [-0.05, 0) is 30.8 Å². The van der Waals surface area contributed by atoms with Crippen molar-refractivity contribution in [3.8, 4) is 0 Å². The summed E-state index contributed by atoms with van der Waals surface area (Å²) in [5, 5.41) is 11.6. The fourth-order valence-electron chi connectivity index (χ4n) is 1.31. The molecule has 0 saturated heterocycles. The van der Waals surface area contributed by atoms with E-state index in [-0.39, 0.29) is 6.03 Å². The summed E-state index contributed by atoms with van der Waals surface area (Å²) in [6.07, 6.45) is 3.27. The zero-order valence-electron chi connectivity index (χ0n) is 11.6. The number of carbonyl (C=O) groups excluding carboxylic acids is 1. The highest BCUT2D eigenvalue weighted by molar-refractivity contribution is 7.98. The average Bonchev–Trinajstić information content (AvgIpc) is 2.30. The molecule has 18 heavy (non-hydrogen) atoms. The van der Waals surface area contributed by atoms with Crippen molar-refractivity contribution in [2.45, 2.75) is 32.7 Å². The number of thioether (sulfide) groups is 1. The highest BCUT2D eigenvalue weighted by Gasteiger charge is 2.21. The molecule has 0 rings (SSSR count). The zero-order chi connectivity index (χ0) is 14.1. The number of aliphatic carboxylic acids is 1. The van der Waals surface area contributed by atoms with Crippen LogP contribution in [0.25, 0.3) is 0 Å². The Balaban J connectivity index is 4.18. The minimum absolute atomic E-state index is 0.316. The number of nitrogens with one attached hydrogen (secondary N) is 1. The molecule has 0 bridgehead atoms. The van der Waals surface area contributed by atoms with E-state index in [1.54, 1.807) is 18.8 Å². The Labute approximate surface area is 113 Å². The maximum atomic E-state index is 11.8. The second-order valence-corrected chi connectivity index (χ2v) is 5.71. The number of hydrogen-bond donors (Lipinski definition) is 2. The van der Waals surface area contributed by atoms with E-state index in [0.29, 0.717) is 24.6 Å². The van der Waals surface area contributed by atoms with Gasteiger partial charge in [0.15, 0.2) is 0 Å². The third-order valence-electron chi connectivity index (χ3n) is 2.60. The molecule has 0 aliphatic heterocycles. The first-order valence-electron chi connectivity index (χ1n) is 6.11. The molecule has 0 radical (unpaired) electrons. The fraction of sp³-hybridized carbons (Fsp3) is 0.833. The summed E-state index contributed by atoms with van der Waals surface area (Å²) in [4.78, 5) is 24.3. The number of carboxylic acid groups (broad SMARTS) is 1. The van der Waals surface area contributed by atoms with Crippen LogP contribution in [0.3, 0.4) is 0 Å². The average molecular weight is 276 g/mol. The van der Waals surface area contributed by atoms with Crippen molar-refractivity contribution in [2.24, 2.45) is 5.92 Å². The molecule has 6 heteroatoms. The molecule has 0 aliphatic rings. The summed E-state index contributed by atoms with van der Waals surface area (Å²) in [5.41, 5.74) is 0. The van der Waals surface area contributed by atoms with Gasteiger partial charge in [-0.25, -0.2) is 9.59 Å². The minimum Gasteiger partial charge on any atom is -0.480 e. The third kappa shape index (κ3) is 7.42. The van der Waals surface area contributed by atoms with Gasteiger partial charge >= 0.3 is 12.0 Å². The van der Waals surface area contributed by atoms with E-state index in [0.717, 1.165) is 6.42 Å². The Morgan fingerprint density at radius 2 is 1.94 bits per heavy atom. The maximum absolute atomic E-state index is 11.8. The van der Waals surface area contributed by atoms with Crippen molar-refractivity contribution in [1.29, 1.82) is 0 Å². The quantitative estimate of drug-likeness (QED) is 0.710. The summed E-state index contributed by atoms with van der Waals surface area (Å²) >= 11 is 1.57. The van der Waals surface area contributed by atoms with Crippen molar-refractivity contribution in [2.75, 3.05) is 25.6 Å². The molecule has 0 heterocycles. The Morgan fingerprint density at radius 1 is 1.33 bits per heavy atom. The van der Waals surface area contributed by atoms with Crippen LogP contribution < -0.4 is 5.32 Å². The molecule has 0 aromatic heterocycles. The van der Waals surface area contributed by atoms with E-state index in [4.69, 9.17) is 5.11 Å². The van der Waals surface area contributed by atoms with E-state index in [1.165, 1.54) is 4.90 Å². The summed E-state index contributed by atoms with van der Waals surface area (Å²) in [6.45, 7) is 4.81. The Hall–Kier alpha value is -0.910. The molecular formula is C12H24N2O3S. The number of amides is 2. The van der Waals surface area contributed by atoms with Crippen molar-refractivity contribution in [3.05, 3.63) is 0 Å². The number of urea groups is 1. The van der Waals surface area contributed by atoms with Gasteiger partial charge in [-0.3, -0.25) is 0 Å². The van der Waals surface area contributed by atoms with Crippen LogP contribution >= 0.6 is 11.8 Å². The lowest BCUT2D eigenvalue weighted by atomic mass is 10.1. The van der Waals surface area contributed by atoms with Crippen molar-refractivity contribution in [1.82, 2.24) is 10.2 Å². The summed E-state index contributed by atoms with van der Waals surface area (Å²) in [5.74, 6) is 0.258. The van der Waals surface area contributed by atoms with E-state index < -0.39 is 12.0 Å². The van der Waals surface area contributed by atoms with Crippen molar-refractivity contribution in [3.63, 3.8) is 0 Å². The number of carbonyl (C=O) groups is 2. The molecule has 1 unspecified atom stereocenters. The second-order valence-electron chi connectivity index (χ2n) is 4.73. The van der Waals surface area contributed by atoms with Crippen LogP contribution in [0.1, 0.15) is 26.7 Å². The largest absolute Gasteiger partial charge is 0.480 e. The predicted octanol–water partition coefficient (Wildman–Crippen LogP) is 1.88. The second kappa shape index (κ2) is 9.08. The van der Waals surface area contributed by atoms with Gasteiger partial charge in [-0.2, -0.15) is 11.8 Å². The van der Waals surface area contributed by atoms with Gasteiger partial charge in [0.1, 0.15) is 6.04 Å². The van der Waals surface area contributed by atoms with E-state index in [2.05, 4.69) is 19.2 Å². The first kappa shape index (κ1) is 17.1. The monoisotopic (exact) mass is 276 g/mol. The van der Waals surface area contributed by atoms with Crippen molar-refractivity contribution < 1.29 is 14.7 Å². The van der Waals surface area contributed by atoms with Gasteiger partial charge in [0.05, 0.1) is 0 Å². The lowest BCUT2D eigenvalue weighted by Gasteiger charge is -2.22. The van der Waals surface area contributed by atoms with Crippen LogP contribution in [-0.4, -0.2) is 53.6 Å². The minimum atomic E-state index is -0.977. The lowest BCUT2D eigenvalue weighted by molar-refractivity contribution is -0.139. The van der Waals surface area contributed by atoms with Crippen LogP contribution in [0.15, 0.2) is 0 Å². The van der Waals surface area contributed by atoms with E-state index in [1.807, 2.05) is 6.26 Å². The smallest absolute Gasteiger partial charge is 0.326 e. The molecule has 5 nitrogen and oxygen atoms in total. The third-order valence-corrected chi connectivity index (χ3v) is 3.24. The van der Waals surface area contributed by atoms with Crippen LogP contribution in [0.2, 0.25) is 0 Å². The molecule has 0 fully saturated rings. The predicted molar refractivity (Wildman–Crippen MR) is 75.0 cm³/mol. The molecule has 2 amide bonds. The fourth-order valence-corrected chi connectivity index (χ4v) is 1.78. The number of rotatable bonds is 8. The van der Waals surface area contributed by atoms with Gasteiger partial charge in [-0.1, -0.05) is 13.8 Å². The first-order chi connectivity index (χ1) is 8.38. The Bertz CT molecular complexity index is 272. The van der Waals surface area contributed by atoms with Crippen LogP contribution in [-0.2, 0) is 4.79 Å². The standard InChI is InChI=1S/C12H24N2O3S/c1-9(2)5-7-14(3)12(17)13-10(11(15)16)6-8-18-4/h9-10H,5-8H2,1-4H3,(H,13,17)(H,15,16). The van der Waals surface area contributed by atoms with E-state index >= 15 is 0 Å². The highest BCUT2D eigenvalue weighted by atomic mass is 32.2. The molecule has 0 saturated carbocycles. The molecule has 2 N–H and O–H groups in total. The van der Waals surface area contributed by atoms with Gasteiger partial charge in [0, 0.05) is 13.6 Å². The first-order valence-corrected chi connectivity index (χ1v) is 7.51. The molecule has 0 spiro atoms. The number of nitrogens with zero attached hydrogens (tertiary/aromatic N) is 1. The van der Waals surface area contributed by atoms with Gasteiger partial charge in [0.2, 0.25) is 0 Å². The summed E-state index contributed by atoms with van der Waals surface area (Å²) in [7, 11) is 1.69. The highest BCUT2D eigenvalue weighted by Crippen LogP contribution is 2.04. The lowest BCUT2D eigenvalue weighted by Crippen LogP contribution is -2.47. The van der Waals surface area contributed by atoms with Crippen molar-refractivity contribution >= 4 is 23.8 Å². The SMILES string of the molecule is CSCCC(NC(=O)N(C)CCC(C)C)C(=O)O. The molecule has 0 aromatic carbocycles. The zero-order valence-corrected chi connectivity index (χ0v) is 12.4. The van der Waals surface area contributed by atoms with Crippen LogP contribution in [0.4, 0.5) is 4.79 Å². The Morgan fingerprint density at radius 3 is 2.39 bits per heavy atom. The number of hydrogen-bond acceptors (Lipinski definition) is 3. The van der Waals surface area contributed by atoms with Gasteiger partial charge in [0.25, 0.3) is 0 Å². The molecule has 0 aromatic rings. The Kier molecular flexibility index (Phi) is 8.62. The molecule has 0 aliphatic carbocycles.